The van der Waals surface area contributed by atoms with Crippen LogP contribution in [0.15, 0.2) is 82.6 Å². The summed E-state index contributed by atoms with van der Waals surface area (Å²) in [6.45, 7) is 5.51. The Morgan fingerprint density at radius 1 is 1.17 bits per heavy atom. The maximum absolute atomic E-state index is 12.5. The van der Waals surface area contributed by atoms with Crippen LogP contribution in [0, 0.1) is 0 Å². The minimum atomic E-state index is -0.668. The monoisotopic (exact) mass is 318 g/mol. The molecule has 120 valence electrons. The molecule has 3 rings (SSSR count). The van der Waals surface area contributed by atoms with Crippen molar-refractivity contribution in [1.29, 1.82) is 0 Å². The van der Waals surface area contributed by atoms with E-state index < -0.39 is 6.04 Å². The van der Waals surface area contributed by atoms with Crippen LogP contribution < -0.4 is 5.01 Å². The molecule has 1 amide bonds. The molecule has 2 aromatic rings. The Hall–Kier alpha value is -3.08. The molecule has 0 saturated carbocycles. The number of hydrogen-bond acceptors (Lipinski definition) is 4. The number of anilines is 1. The lowest BCUT2D eigenvalue weighted by Gasteiger charge is -2.11. The van der Waals surface area contributed by atoms with Crippen LogP contribution in [0.25, 0.3) is 0 Å². The van der Waals surface area contributed by atoms with E-state index in [0.717, 1.165) is 17.7 Å². The first-order valence-corrected chi connectivity index (χ1v) is 7.74. The van der Waals surface area contributed by atoms with Crippen LogP contribution in [0.4, 0.5) is 11.4 Å². The SMILES string of the molecule is C=CCc1ccc(N=NC2C(=O)N(c3ccccc3)N=C2C)cc1. The van der Waals surface area contributed by atoms with Gasteiger partial charge in [-0.15, -0.1) is 6.58 Å². The summed E-state index contributed by atoms with van der Waals surface area (Å²) in [6.07, 6.45) is 2.67. The summed E-state index contributed by atoms with van der Waals surface area (Å²) in [5.74, 6) is -0.189. The lowest BCUT2D eigenvalue weighted by atomic mass is 10.1. The van der Waals surface area contributed by atoms with Crippen molar-refractivity contribution >= 4 is 23.0 Å². The molecule has 0 fully saturated rings. The molecule has 0 N–H and O–H groups in total. The van der Waals surface area contributed by atoms with E-state index in [0.29, 0.717) is 11.4 Å². The first-order valence-electron chi connectivity index (χ1n) is 7.74. The number of carbonyl (C=O) groups is 1. The molecule has 0 bridgehead atoms. The summed E-state index contributed by atoms with van der Waals surface area (Å²) < 4.78 is 0. The number of carbonyl (C=O) groups excluding carboxylic acids is 1. The van der Waals surface area contributed by atoms with Gasteiger partial charge in [-0.2, -0.15) is 20.3 Å². The largest absolute Gasteiger partial charge is 0.280 e. The van der Waals surface area contributed by atoms with Crippen LogP contribution in [-0.4, -0.2) is 17.7 Å². The average Bonchev–Trinajstić information content (AvgIpc) is 2.90. The molecular weight excluding hydrogens is 300 g/mol. The highest BCUT2D eigenvalue weighted by atomic mass is 16.2. The number of hydrogen-bond donors (Lipinski definition) is 0. The number of para-hydroxylation sites is 1. The Morgan fingerprint density at radius 2 is 1.88 bits per heavy atom. The minimum Gasteiger partial charge on any atom is -0.269 e. The molecule has 5 heteroatoms. The number of rotatable bonds is 5. The van der Waals surface area contributed by atoms with Crippen molar-refractivity contribution in [3.8, 4) is 0 Å². The lowest BCUT2D eigenvalue weighted by molar-refractivity contribution is -0.117. The quantitative estimate of drug-likeness (QED) is 0.599. The minimum absolute atomic E-state index is 0.189. The zero-order valence-electron chi connectivity index (χ0n) is 13.5. The fourth-order valence-corrected chi connectivity index (χ4v) is 2.43. The van der Waals surface area contributed by atoms with Crippen molar-refractivity contribution in [3.63, 3.8) is 0 Å². The van der Waals surface area contributed by atoms with Gasteiger partial charge < -0.3 is 0 Å². The fraction of sp³-hybridized carbons (Fsp3) is 0.158. The van der Waals surface area contributed by atoms with Crippen LogP contribution in [-0.2, 0) is 11.2 Å². The van der Waals surface area contributed by atoms with Crippen LogP contribution in [0.2, 0.25) is 0 Å². The normalized spacial score (nSPS) is 17.4. The van der Waals surface area contributed by atoms with Gasteiger partial charge in [-0.3, -0.25) is 4.79 Å². The molecule has 0 radical (unpaired) electrons. The van der Waals surface area contributed by atoms with Gasteiger partial charge in [-0.1, -0.05) is 36.4 Å². The molecule has 0 spiro atoms. The van der Waals surface area contributed by atoms with E-state index >= 15 is 0 Å². The van der Waals surface area contributed by atoms with Crippen molar-refractivity contribution in [2.24, 2.45) is 15.3 Å². The molecule has 2 aromatic carbocycles. The van der Waals surface area contributed by atoms with Gasteiger partial charge >= 0.3 is 0 Å². The summed E-state index contributed by atoms with van der Waals surface area (Å²) >= 11 is 0. The Morgan fingerprint density at radius 3 is 2.54 bits per heavy atom. The number of amides is 1. The van der Waals surface area contributed by atoms with E-state index in [2.05, 4.69) is 21.9 Å². The van der Waals surface area contributed by atoms with Crippen molar-refractivity contribution < 1.29 is 4.79 Å². The third-order valence-electron chi connectivity index (χ3n) is 3.70. The van der Waals surface area contributed by atoms with E-state index in [1.54, 1.807) is 6.92 Å². The topological polar surface area (TPSA) is 57.4 Å². The summed E-state index contributed by atoms with van der Waals surface area (Å²) in [5.41, 5.74) is 3.24. The van der Waals surface area contributed by atoms with Crippen LogP contribution in [0.3, 0.4) is 0 Å². The Labute approximate surface area is 141 Å². The van der Waals surface area contributed by atoms with E-state index in [1.807, 2.05) is 60.7 Å². The zero-order valence-corrected chi connectivity index (χ0v) is 13.5. The summed E-state index contributed by atoms with van der Waals surface area (Å²) in [6, 6.07) is 16.4. The molecule has 0 saturated heterocycles. The van der Waals surface area contributed by atoms with Crippen molar-refractivity contribution in [3.05, 3.63) is 72.8 Å². The average molecular weight is 318 g/mol. The molecule has 1 atom stereocenters. The number of benzene rings is 2. The molecule has 1 heterocycles. The second-order valence-corrected chi connectivity index (χ2v) is 5.50. The predicted molar refractivity (Wildman–Crippen MR) is 95.7 cm³/mol. The third-order valence-corrected chi connectivity index (χ3v) is 3.70. The van der Waals surface area contributed by atoms with Gasteiger partial charge in [0.05, 0.1) is 17.1 Å². The lowest BCUT2D eigenvalue weighted by Crippen LogP contribution is -2.29. The van der Waals surface area contributed by atoms with Gasteiger partial charge in [-0.05, 0) is 43.2 Å². The van der Waals surface area contributed by atoms with Crippen LogP contribution in [0.5, 0.6) is 0 Å². The third kappa shape index (κ3) is 3.30. The number of hydrazone groups is 1. The van der Waals surface area contributed by atoms with Crippen molar-refractivity contribution in [2.45, 2.75) is 19.4 Å². The Kier molecular flexibility index (Phi) is 4.61. The van der Waals surface area contributed by atoms with Gasteiger partial charge in [-0.25, -0.2) is 0 Å². The van der Waals surface area contributed by atoms with E-state index in [4.69, 9.17) is 0 Å². The highest BCUT2D eigenvalue weighted by Gasteiger charge is 2.34. The molecule has 5 nitrogen and oxygen atoms in total. The molecular formula is C19H18N4O. The first-order chi connectivity index (χ1) is 11.7. The highest BCUT2D eigenvalue weighted by Crippen LogP contribution is 2.23. The number of allylic oxidation sites excluding steroid dienone is 1. The molecule has 1 aliphatic heterocycles. The number of nitrogens with zero attached hydrogens (tertiary/aromatic N) is 4. The van der Waals surface area contributed by atoms with Gasteiger partial charge in [0.15, 0.2) is 6.04 Å². The van der Waals surface area contributed by atoms with Gasteiger partial charge in [0.2, 0.25) is 0 Å². The highest BCUT2D eigenvalue weighted by molar-refractivity contribution is 6.18. The van der Waals surface area contributed by atoms with Gasteiger partial charge in [0, 0.05) is 0 Å². The standard InChI is InChI=1S/C19H18N4O/c1-3-7-15-10-12-16(13-11-15)20-21-18-14(2)22-23(19(18)24)17-8-5-4-6-9-17/h3-6,8-13,18H,1,7H2,2H3. The van der Waals surface area contributed by atoms with E-state index in [9.17, 15) is 4.79 Å². The summed E-state index contributed by atoms with van der Waals surface area (Å²) in [4.78, 5) is 12.5. The molecule has 0 aromatic heterocycles. The fourth-order valence-electron chi connectivity index (χ4n) is 2.43. The van der Waals surface area contributed by atoms with Crippen LogP contribution >= 0.6 is 0 Å². The molecule has 1 unspecified atom stereocenters. The van der Waals surface area contributed by atoms with E-state index in [1.165, 1.54) is 5.01 Å². The smallest absolute Gasteiger partial charge is 0.269 e. The second-order valence-electron chi connectivity index (χ2n) is 5.50. The predicted octanol–water partition coefficient (Wildman–Crippen LogP) is 4.29. The second kappa shape index (κ2) is 7.00. The number of azo groups is 1. The van der Waals surface area contributed by atoms with Crippen molar-refractivity contribution in [1.82, 2.24) is 0 Å². The summed E-state index contributed by atoms with van der Waals surface area (Å²) in [7, 11) is 0. The first kappa shape index (κ1) is 15.8. The zero-order chi connectivity index (χ0) is 16.9. The Balaban J connectivity index is 1.74. The maximum Gasteiger partial charge on any atom is 0.280 e. The van der Waals surface area contributed by atoms with Crippen molar-refractivity contribution in [2.75, 3.05) is 5.01 Å². The van der Waals surface area contributed by atoms with Gasteiger partial charge in [0.25, 0.3) is 5.91 Å². The maximum atomic E-state index is 12.5. The van der Waals surface area contributed by atoms with E-state index in [-0.39, 0.29) is 5.91 Å². The molecule has 0 aliphatic carbocycles. The van der Waals surface area contributed by atoms with Crippen LogP contribution in [0.1, 0.15) is 12.5 Å². The van der Waals surface area contributed by atoms with Gasteiger partial charge in [0.1, 0.15) is 0 Å². The Bertz CT molecular complexity index is 794. The molecule has 1 aliphatic rings. The summed E-state index contributed by atoms with van der Waals surface area (Å²) in [5, 5.41) is 14.1. The molecule has 24 heavy (non-hydrogen) atoms.